The minimum absolute atomic E-state index is 0.0858. The fourth-order valence-electron chi connectivity index (χ4n) is 5.44. The maximum atomic E-state index is 11.7. The van der Waals surface area contributed by atoms with E-state index in [1.54, 1.807) is 0 Å². The number of likely N-dealkylation sites (tertiary alicyclic amines) is 1. The number of benzene rings is 4. The first-order chi connectivity index (χ1) is 19.7. The van der Waals surface area contributed by atoms with Gasteiger partial charge in [0.15, 0.2) is 14.7 Å². The second-order valence-electron chi connectivity index (χ2n) is 10.1. The molecule has 1 fully saturated rings. The lowest BCUT2D eigenvalue weighted by Gasteiger charge is -2.30. The number of ether oxygens (including phenoxy) is 1. The predicted octanol–water partition coefficient (Wildman–Crippen LogP) is 8.02. The summed E-state index contributed by atoms with van der Waals surface area (Å²) >= 11 is 0. The molecule has 0 spiro atoms. The van der Waals surface area contributed by atoms with Crippen LogP contribution in [-0.4, -0.2) is 37.1 Å². The van der Waals surface area contributed by atoms with Gasteiger partial charge in [-0.1, -0.05) is 72.3 Å². The van der Waals surface area contributed by atoms with Crippen molar-refractivity contribution < 1.29 is 9.53 Å². The van der Waals surface area contributed by atoms with E-state index in [1.165, 1.54) is 37.0 Å². The molecule has 0 saturated carbocycles. The van der Waals surface area contributed by atoms with E-state index in [9.17, 15) is 4.79 Å². The monoisotopic (exact) mass is 548 g/mol. The first-order valence-corrected chi connectivity index (χ1v) is 15.6. The molecule has 4 heteroatoms. The topological polar surface area (TPSA) is 29.5 Å². The van der Waals surface area contributed by atoms with Crippen LogP contribution in [0.2, 0.25) is 0 Å². The predicted molar refractivity (Wildman–Crippen MR) is 165 cm³/mol. The van der Waals surface area contributed by atoms with E-state index >= 15 is 0 Å². The second kappa shape index (κ2) is 14.2. The molecule has 0 atom stereocenters. The van der Waals surface area contributed by atoms with Gasteiger partial charge in [-0.15, -0.1) is 0 Å². The quantitative estimate of drug-likeness (QED) is 0.148. The Morgan fingerprint density at radius 3 is 1.75 bits per heavy atom. The van der Waals surface area contributed by atoms with Gasteiger partial charge in [0.05, 0.1) is 17.5 Å². The van der Waals surface area contributed by atoms with E-state index in [2.05, 4.69) is 120 Å². The summed E-state index contributed by atoms with van der Waals surface area (Å²) in [6.07, 6.45) is 3.45. The Labute approximate surface area is 241 Å². The molecule has 0 N–H and O–H groups in total. The van der Waals surface area contributed by atoms with Gasteiger partial charge in [0, 0.05) is 19.5 Å². The smallest absolute Gasteiger partial charge is 0.305 e. The van der Waals surface area contributed by atoms with Crippen LogP contribution in [0.1, 0.15) is 43.7 Å². The summed E-state index contributed by atoms with van der Waals surface area (Å²) in [5, 5.41) is 0. The highest BCUT2D eigenvalue weighted by Gasteiger charge is 2.28. The molecule has 0 amide bonds. The minimum Gasteiger partial charge on any atom is -0.466 e. The molecule has 4 aromatic rings. The van der Waals surface area contributed by atoms with E-state index in [0.29, 0.717) is 13.0 Å². The Morgan fingerprint density at radius 2 is 1.20 bits per heavy atom. The van der Waals surface area contributed by atoms with Crippen molar-refractivity contribution in [1.29, 1.82) is 0 Å². The van der Waals surface area contributed by atoms with Gasteiger partial charge in [0.2, 0.25) is 0 Å². The van der Waals surface area contributed by atoms with Gasteiger partial charge in [0.1, 0.15) is 0 Å². The van der Waals surface area contributed by atoms with Gasteiger partial charge in [-0.05, 0) is 98.0 Å². The average molecular weight is 549 g/mol. The Bertz CT molecular complexity index is 1340. The summed E-state index contributed by atoms with van der Waals surface area (Å²) in [6.45, 7) is 5.32. The SMILES string of the molecule is CCOC(=O)CCCN1CCC(=C(c2ccccc2)c2ccc([S+](c3ccccc3)c3ccccc3)cc2)CC1. The second-order valence-corrected chi connectivity index (χ2v) is 12.1. The normalized spacial score (nSPS) is 13.8. The maximum absolute atomic E-state index is 11.7. The summed E-state index contributed by atoms with van der Waals surface area (Å²) in [5.41, 5.74) is 5.46. The lowest BCUT2D eigenvalue weighted by Crippen LogP contribution is -2.32. The van der Waals surface area contributed by atoms with Crippen LogP contribution in [0.25, 0.3) is 5.57 Å². The molecule has 5 rings (SSSR count). The Balaban J connectivity index is 1.39. The third-order valence-corrected chi connectivity index (χ3v) is 9.60. The van der Waals surface area contributed by atoms with Gasteiger partial charge in [-0.3, -0.25) is 4.79 Å². The molecule has 1 aliphatic rings. The van der Waals surface area contributed by atoms with E-state index in [-0.39, 0.29) is 16.9 Å². The van der Waals surface area contributed by atoms with Gasteiger partial charge in [0.25, 0.3) is 0 Å². The van der Waals surface area contributed by atoms with Gasteiger partial charge < -0.3 is 9.64 Å². The highest BCUT2D eigenvalue weighted by atomic mass is 32.2. The highest BCUT2D eigenvalue weighted by Crippen LogP contribution is 2.35. The molecule has 204 valence electrons. The van der Waals surface area contributed by atoms with Crippen molar-refractivity contribution in [2.45, 2.75) is 47.3 Å². The van der Waals surface area contributed by atoms with E-state index in [4.69, 9.17) is 4.74 Å². The summed E-state index contributed by atoms with van der Waals surface area (Å²) in [7, 11) is -0.154. The van der Waals surface area contributed by atoms with Crippen LogP contribution in [-0.2, 0) is 20.4 Å². The molecule has 1 aliphatic heterocycles. The van der Waals surface area contributed by atoms with Crippen molar-refractivity contribution in [3.8, 4) is 0 Å². The van der Waals surface area contributed by atoms with Crippen LogP contribution < -0.4 is 0 Å². The third-order valence-electron chi connectivity index (χ3n) is 7.37. The fourth-order valence-corrected chi connectivity index (χ4v) is 7.52. The van der Waals surface area contributed by atoms with E-state index < -0.39 is 0 Å². The number of hydrogen-bond donors (Lipinski definition) is 0. The van der Waals surface area contributed by atoms with Crippen molar-refractivity contribution in [2.75, 3.05) is 26.2 Å². The molecule has 0 aromatic heterocycles. The molecular weight excluding hydrogens is 510 g/mol. The molecule has 0 bridgehead atoms. The number of esters is 1. The number of carbonyl (C=O) groups is 1. The third kappa shape index (κ3) is 7.12. The molecule has 0 unspecified atom stereocenters. The van der Waals surface area contributed by atoms with Crippen LogP contribution in [0.3, 0.4) is 0 Å². The van der Waals surface area contributed by atoms with E-state index in [0.717, 1.165) is 38.9 Å². The van der Waals surface area contributed by atoms with Crippen molar-refractivity contribution in [2.24, 2.45) is 0 Å². The average Bonchev–Trinajstić information content (AvgIpc) is 3.01. The lowest BCUT2D eigenvalue weighted by molar-refractivity contribution is -0.143. The number of piperidine rings is 1. The first-order valence-electron chi connectivity index (χ1n) is 14.3. The van der Waals surface area contributed by atoms with Crippen LogP contribution in [0.5, 0.6) is 0 Å². The van der Waals surface area contributed by atoms with Crippen molar-refractivity contribution in [3.05, 3.63) is 132 Å². The number of carbonyl (C=O) groups excluding carboxylic acids is 1. The zero-order valence-electron chi connectivity index (χ0n) is 23.3. The van der Waals surface area contributed by atoms with Crippen LogP contribution >= 0.6 is 0 Å². The number of rotatable bonds is 10. The first kappa shape index (κ1) is 27.9. The fraction of sp³-hybridized carbons (Fsp3) is 0.250. The molecule has 0 radical (unpaired) electrons. The van der Waals surface area contributed by atoms with Crippen molar-refractivity contribution in [1.82, 2.24) is 4.90 Å². The zero-order valence-corrected chi connectivity index (χ0v) is 24.1. The standard InChI is InChI=1S/C36H38NO2S/c1-2-39-35(38)19-12-26-37-27-24-31(25-28-37)36(29-13-6-3-7-14-29)30-20-22-34(23-21-30)40(32-15-8-4-9-16-32)33-17-10-5-11-18-33/h3-11,13-18,20-23H,2,12,19,24-28H2,1H3/q+1. The molecule has 4 aromatic carbocycles. The summed E-state index contributed by atoms with van der Waals surface area (Å²) in [5.74, 6) is -0.0858. The van der Waals surface area contributed by atoms with Crippen LogP contribution in [0, 0.1) is 0 Å². The summed E-state index contributed by atoms with van der Waals surface area (Å²) in [4.78, 5) is 18.2. The van der Waals surface area contributed by atoms with Gasteiger partial charge >= 0.3 is 5.97 Å². The Morgan fingerprint density at radius 1 is 0.700 bits per heavy atom. The molecule has 0 aliphatic carbocycles. The molecule has 1 saturated heterocycles. The largest absolute Gasteiger partial charge is 0.466 e. The number of nitrogens with zero attached hydrogens (tertiary/aromatic N) is 1. The van der Waals surface area contributed by atoms with Crippen molar-refractivity contribution in [3.63, 3.8) is 0 Å². The Kier molecular flexibility index (Phi) is 9.89. The maximum Gasteiger partial charge on any atom is 0.305 e. The molecule has 1 heterocycles. The van der Waals surface area contributed by atoms with E-state index in [1.807, 2.05) is 6.92 Å². The molecule has 3 nitrogen and oxygen atoms in total. The zero-order chi connectivity index (χ0) is 27.6. The van der Waals surface area contributed by atoms with Crippen LogP contribution in [0.15, 0.2) is 136 Å². The molecule has 40 heavy (non-hydrogen) atoms. The number of hydrogen-bond acceptors (Lipinski definition) is 3. The van der Waals surface area contributed by atoms with Crippen LogP contribution in [0.4, 0.5) is 0 Å². The molecular formula is C36H38NO2S+. The highest BCUT2D eigenvalue weighted by molar-refractivity contribution is 7.97. The van der Waals surface area contributed by atoms with Gasteiger partial charge in [-0.2, -0.15) is 0 Å². The van der Waals surface area contributed by atoms with Gasteiger partial charge in [-0.25, -0.2) is 0 Å². The van der Waals surface area contributed by atoms with Crippen molar-refractivity contribution >= 4 is 22.4 Å². The summed E-state index contributed by atoms with van der Waals surface area (Å²) < 4.78 is 5.09. The lowest BCUT2D eigenvalue weighted by atomic mass is 9.88. The summed E-state index contributed by atoms with van der Waals surface area (Å²) in [6, 6.07) is 41.8. The Hall–Kier alpha value is -3.60. The minimum atomic E-state index is -0.154.